The van der Waals surface area contributed by atoms with Gasteiger partial charge in [0.2, 0.25) is 10.0 Å². The predicted molar refractivity (Wildman–Crippen MR) is 77.7 cm³/mol. The predicted octanol–water partition coefficient (Wildman–Crippen LogP) is 1.26. The molecule has 1 N–H and O–H groups in total. The van der Waals surface area contributed by atoms with Crippen molar-refractivity contribution in [3.05, 3.63) is 24.0 Å². The molecule has 0 spiro atoms. The highest BCUT2D eigenvalue weighted by atomic mass is 32.2. The number of sulfonamides is 1. The number of sulfone groups is 1. The lowest BCUT2D eigenvalue weighted by Crippen LogP contribution is -2.30. The monoisotopic (exact) mass is 341 g/mol. The van der Waals surface area contributed by atoms with Gasteiger partial charge < -0.3 is 0 Å². The molecule has 0 aliphatic heterocycles. The number of rotatable bonds is 6. The van der Waals surface area contributed by atoms with Crippen LogP contribution in [-0.4, -0.2) is 41.1 Å². The van der Waals surface area contributed by atoms with Crippen molar-refractivity contribution in [2.45, 2.75) is 22.0 Å². The van der Waals surface area contributed by atoms with Gasteiger partial charge in [0, 0.05) is 18.1 Å². The second-order valence-electron chi connectivity index (χ2n) is 4.26. The smallest absolute Gasteiger partial charge is 0.224 e. The first-order valence-corrected chi connectivity index (χ1v) is 10.3. The number of hydrogen-bond acceptors (Lipinski definition) is 5. The molecule has 0 aromatic heterocycles. The third-order valence-electron chi connectivity index (χ3n) is 2.58. The van der Waals surface area contributed by atoms with Crippen molar-refractivity contribution in [2.75, 3.05) is 19.1 Å². The maximum absolute atomic E-state index is 13.6. The SMILES string of the molecule is CSC(C)CNS(=O)(=O)c1cc(S(C)(=O)=O)ccc1F. The molecule has 0 aliphatic rings. The Balaban J connectivity index is 3.18. The fourth-order valence-electron chi connectivity index (χ4n) is 1.31. The molecule has 0 bridgehead atoms. The first-order chi connectivity index (χ1) is 9.08. The van der Waals surface area contributed by atoms with Crippen molar-refractivity contribution in [3.63, 3.8) is 0 Å². The van der Waals surface area contributed by atoms with E-state index in [1.165, 1.54) is 11.8 Å². The van der Waals surface area contributed by atoms with E-state index in [0.29, 0.717) is 0 Å². The second-order valence-corrected chi connectivity index (χ2v) is 9.29. The molecule has 9 heteroatoms. The number of halogens is 1. The molecule has 0 heterocycles. The minimum Gasteiger partial charge on any atom is -0.224 e. The van der Waals surface area contributed by atoms with Gasteiger partial charge in [-0.3, -0.25) is 0 Å². The summed E-state index contributed by atoms with van der Waals surface area (Å²) in [6.45, 7) is 1.95. The number of thioether (sulfide) groups is 1. The number of hydrogen-bond donors (Lipinski definition) is 1. The molecule has 0 aliphatic carbocycles. The van der Waals surface area contributed by atoms with Crippen LogP contribution in [0.25, 0.3) is 0 Å². The highest BCUT2D eigenvalue weighted by Crippen LogP contribution is 2.19. The fraction of sp³-hybridized carbons (Fsp3) is 0.455. The van der Waals surface area contributed by atoms with Gasteiger partial charge in [-0.05, 0) is 24.5 Å². The molecule has 0 saturated carbocycles. The quantitative estimate of drug-likeness (QED) is 0.788. The minimum atomic E-state index is -4.08. The molecule has 0 amide bonds. The zero-order valence-electron chi connectivity index (χ0n) is 11.3. The van der Waals surface area contributed by atoms with Crippen LogP contribution >= 0.6 is 11.8 Å². The summed E-state index contributed by atoms with van der Waals surface area (Å²) in [5.41, 5.74) is 0. The zero-order chi connectivity index (χ0) is 15.6. The molecule has 1 aromatic rings. The van der Waals surface area contributed by atoms with E-state index in [1.54, 1.807) is 0 Å². The third kappa shape index (κ3) is 4.44. The van der Waals surface area contributed by atoms with Crippen LogP contribution in [0, 0.1) is 5.82 Å². The molecule has 20 heavy (non-hydrogen) atoms. The first kappa shape index (κ1) is 17.4. The minimum absolute atomic E-state index is 0.0194. The highest BCUT2D eigenvalue weighted by molar-refractivity contribution is 7.99. The second kappa shape index (κ2) is 6.42. The first-order valence-electron chi connectivity index (χ1n) is 5.60. The van der Waals surface area contributed by atoms with Gasteiger partial charge in [0.1, 0.15) is 10.7 Å². The summed E-state index contributed by atoms with van der Waals surface area (Å²) < 4.78 is 62.7. The Morgan fingerprint density at radius 2 is 1.90 bits per heavy atom. The Kier molecular flexibility index (Phi) is 5.59. The van der Waals surface area contributed by atoms with Crippen molar-refractivity contribution < 1.29 is 21.2 Å². The molecule has 1 aromatic carbocycles. The van der Waals surface area contributed by atoms with Crippen molar-refractivity contribution in [2.24, 2.45) is 0 Å². The largest absolute Gasteiger partial charge is 0.243 e. The van der Waals surface area contributed by atoms with Crippen molar-refractivity contribution in [1.82, 2.24) is 4.72 Å². The van der Waals surface area contributed by atoms with Crippen LogP contribution in [-0.2, 0) is 19.9 Å². The summed E-state index contributed by atoms with van der Waals surface area (Å²) >= 11 is 1.46. The molecule has 1 rings (SSSR count). The fourth-order valence-corrected chi connectivity index (χ4v) is 3.62. The Morgan fingerprint density at radius 1 is 1.30 bits per heavy atom. The van der Waals surface area contributed by atoms with E-state index in [1.807, 2.05) is 13.2 Å². The molecule has 1 atom stereocenters. The summed E-state index contributed by atoms with van der Waals surface area (Å²) in [6, 6.07) is 2.70. The summed E-state index contributed by atoms with van der Waals surface area (Å²) in [7, 11) is -7.68. The van der Waals surface area contributed by atoms with Gasteiger partial charge in [-0.15, -0.1) is 0 Å². The molecule has 5 nitrogen and oxygen atoms in total. The van der Waals surface area contributed by atoms with Gasteiger partial charge in [-0.2, -0.15) is 11.8 Å². The molecule has 1 unspecified atom stereocenters. The van der Waals surface area contributed by atoms with Crippen molar-refractivity contribution in [3.8, 4) is 0 Å². The molecule has 0 fully saturated rings. The highest BCUT2D eigenvalue weighted by Gasteiger charge is 2.22. The van der Waals surface area contributed by atoms with Crippen LogP contribution in [0.1, 0.15) is 6.92 Å². The van der Waals surface area contributed by atoms with E-state index in [-0.39, 0.29) is 16.7 Å². The topological polar surface area (TPSA) is 80.3 Å². The lowest BCUT2D eigenvalue weighted by atomic mass is 10.3. The maximum atomic E-state index is 13.6. The zero-order valence-corrected chi connectivity index (χ0v) is 13.7. The molecule has 0 radical (unpaired) electrons. The normalized spacial score (nSPS) is 14.2. The van der Waals surface area contributed by atoms with Crippen molar-refractivity contribution in [1.29, 1.82) is 0 Å². The Labute approximate surface area is 122 Å². The van der Waals surface area contributed by atoms with Gasteiger partial charge in [0.25, 0.3) is 0 Å². The third-order valence-corrected chi connectivity index (χ3v) is 6.10. The van der Waals surface area contributed by atoms with E-state index in [0.717, 1.165) is 24.5 Å². The average molecular weight is 341 g/mol. The molecule has 0 saturated heterocycles. The molecular formula is C11H16FNO4S3. The van der Waals surface area contributed by atoms with Crippen LogP contribution < -0.4 is 4.72 Å². The van der Waals surface area contributed by atoms with Gasteiger partial charge in [-0.1, -0.05) is 6.92 Å². The lowest BCUT2D eigenvalue weighted by molar-refractivity contribution is 0.555. The maximum Gasteiger partial charge on any atom is 0.243 e. The van der Waals surface area contributed by atoms with Gasteiger partial charge in [0.15, 0.2) is 9.84 Å². The van der Waals surface area contributed by atoms with E-state index >= 15 is 0 Å². The molecular weight excluding hydrogens is 325 g/mol. The van der Waals surface area contributed by atoms with E-state index in [9.17, 15) is 21.2 Å². The van der Waals surface area contributed by atoms with E-state index in [4.69, 9.17) is 0 Å². The Hall–Kier alpha value is -0.640. The van der Waals surface area contributed by atoms with Gasteiger partial charge in [-0.25, -0.2) is 25.9 Å². The summed E-state index contributed by atoms with van der Waals surface area (Å²) in [6.07, 6.45) is 2.75. The van der Waals surface area contributed by atoms with Crippen LogP contribution in [0.15, 0.2) is 28.0 Å². The van der Waals surface area contributed by atoms with E-state index < -0.39 is 30.6 Å². The lowest BCUT2D eigenvalue weighted by Gasteiger charge is -2.11. The van der Waals surface area contributed by atoms with Gasteiger partial charge >= 0.3 is 0 Å². The summed E-state index contributed by atoms with van der Waals surface area (Å²) in [5.74, 6) is -0.985. The van der Waals surface area contributed by atoms with E-state index in [2.05, 4.69) is 4.72 Å². The standard InChI is InChI=1S/C11H16FNO4S3/c1-8(18-2)7-13-20(16,17)11-6-9(19(3,14)15)4-5-10(11)12/h4-6,8,13H,7H2,1-3H3. The van der Waals surface area contributed by atoms with Crippen LogP contribution in [0.5, 0.6) is 0 Å². The van der Waals surface area contributed by atoms with Crippen LogP contribution in [0.2, 0.25) is 0 Å². The summed E-state index contributed by atoms with van der Waals surface area (Å²) in [4.78, 5) is -0.897. The average Bonchev–Trinajstić information content (AvgIpc) is 2.34. The number of benzene rings is 1. The van der Waals surface area contributed by atoms with Crippen LogP contribution in [0.3, 0.4) is 0 Å². The van der Waals surface area contributed by atoms with Gasteiger partial charge in [0.05, 0.1) is 4.90 Å². The molecule has 114 valence electrons. The van der Waals surface area contributed by atoms with Crippen LogP contribution in [0.4, 0.5) is 4.39 Å². The number of nitrogens with one attached hydrogen (secondary N) is 1. The Bertz CT molecular complexity index is 686. The summed E-state index contributed by atoms with van der Waals surface area (Å²) in [5, 5.41) is 0.0194. The Morgan fingerprint density at radius 3 is 2.40 bits per heavy atom. The van der Waals surface area contributed by atoms with Crippen molar-refractivity contribution >= 4 is 31.6 Å².